The van der Waals surface area contributed by atoms with E-state index in [1.807, 2.05) is 11.6 Å². The fourth-order valence-electron chi connectivity index (χ4n) is 3.04. The molecule has 0 spiro atoms. The molecule has 1 fully saturated rings. The van der Waals surface area contributed by atoms with Crippen molar-refractivity contribution in [3.63, 3.8) is 0 Å². The SMILES string of the molecule is Cn1cnnc1[C@H]1CCCN1c1cnc2cc(Cl)c(Cl)cc2n1. The number of hydrogen-bond donors (Lipinski definition) is 0. The normalized spacial score (nSPS) is 18.0. The topological polar surface area (TPSA) is 59.7 Å². The summed E-state index contributed by atoms with van der Waals surface area (Å²) in [5.74, 6) is 1.76. The first-order valence-electron chi connectivity index (χ1n) is 7.36. The molecule has 3 heterocycles. The Morgan fingerprint density at radius 3 is 2.70 bits per heavy atom. The van der Waals surface area contributed by atoms with Crippen molar-refractivity contribution in [3.8, 4) is 0 Å². The van der Waals surface area contributed by atoms with Gasteiger partial charge in [-0.1, -0.05) is 23.2 Å². The molecule has 118 valence electrons. The van der Waals surface area contributed by atoms with E-state index in [0.29, 0.717) is 10.0 Å². The fourth-order valence-corrected chi connectivity index (χ4v) is 3.36. The lowest BCUT2D eigenvalue weighted by atomic mass is 10.2. The highest BCUT2D eigenvalue weighted by molar-refractivity contribution is 6.42. The van der Waals surface area contributed by atoms with Crippen LogP contribution in [0.3, 0.4) is 0 Å². The summed E-state index contributed by atoms with van der Waals surface area (Å²) in [6.07, 6.45) is 5.60. The molecule has 8 heteroatoms. The highest BCUT2D eigenvalue weighted by Gasteiger charge is 2.30. The first-order chi connectivity index (χ1) is 11.1. The third-order valence-corrected chi connectivity index (χ3v) is 4.89. The van der Waals surface area contributed by atoms with E-state index in [0.717, 1.165) is 42.1 Å². The maximum atomic E-state index is 6.10. The van der Waals surface area contributed by atoms with Crippen LogP contribution in [0.1, 0.15) is 24.7 Å². The first-order valence-corrected chi connectivity index (χ1v) is 8.11. The Balaban J connectivity index is 1.76. The lowest BCUT2D eigenvalue weighted by Gasteiger charge is -2.24. The van der Waals surface area contributed by atoms with Crippen LogP contribution in [0, 0.1) is 0 Å². The average Bonchev–Trinajstić information content (AvgIpc) is 3.16. The summed E-state index contributed by atoms with van der Waals surface area (Å²) in [4.78, 5) is 11.4. The van der Waals surface area contributed by atoms with Gasteiger partial charge in [0.25, 0.3) is 0 Å². The predicted molar refractivity (Wildman–Crippen MR) is 89.9 cm³/mol. The smallest absolute Gasteiger partial charge is 0.155 e. The Morgan fingerprint density at radius 1 is 1.17 bits per heavy atom. The summed E-state index contributed by atoms with van der Waals surface area (Å²) in [7, 11) is 1.96. The van der Waals surface area contributed by atoms with Gasteiger partial charge < -0.3 is 9.47 Å². The van der Waals surface area contributed by atoms with Crippen molar-refractivity contribution in [3.05, 3.63) is 40.5 Å². The fraction of sp³-hybridized carbons (Fsp3) is 0.333. The summed E-state index contributed by atoms with van der Waals surface area (Å²) >= 11 is 12.1. The molecule has 3 aromatic rings. The molecular formula is C15H14Cl2N6. The summed E-state index contributed by atoms with van der Waals surface area (Å²) in [6, 6.07) is 3.65. The summed E-state index contributed by atoms with van der Waals surface area (Å²) in [5, 5.41) is 9.20. The molecule has 0 unspecified atom stereocenters. The summed E-state index contributed by atoms with van der Waals surface area (Å²) < 4.78 is 1.95. The molecular weight excluding hydrogens is 335 g/mol. The van der Waals surface area contributed by atoms with E-state index in [-0.39, 0.29) is 6.04 Å². The number of aryl methyl sites for hydroxylation is 1. The zero-order chi connectivity index (χ0) is 16.0. The number of benzene rings is 1. The van der Waals surface area contributed by atoms with E-state index in [1.54, 1.807) is 24.7 Å². The maximum absolute atomic E-state index is 6.10. The Kier molecular flexibility index (Phi) is 3.58. The monoisotopic (exact) mass is 348 g/mol. The number of nitrogens with zero attached hydrogens (tertiary/aromatic N) is 6. The minimum atomic E-state index is 0.164. The Hall–Kier alpha value is -1.92. The number of fused-ring (bicyclic) bond motifs is 1. The second-order valence-corrected chi connectivity index (χ2v) is 6.45. The molecule has 2 aromatic heterocycles. The van der Waals surface area contributed by atoms with Crippen molar-refractivity contribution in [1.82, 2.24) is 24.7 Å². The molecule has 1 aliphatic rings. The van der Waals surface area contributed by atoms with Crippen molar-refractivity contribution in [2.24, 2.45) is 7.05 Å². The number of rotatable bonds is 2. The first kappa shape index (κ1) is 14.7. The van der Waals surface area contributed by atoms with Crippen LogP contribution in [-0.4, -0.2) is 31.3 Å². The van der Waals surface area contributed by atoms with Gasteiger partial charge in [-0.3, -0.25) is 4.98 Å². The van der Waals surface area contributed by atoms with Gasteiger partial charge in [-0.25, -0.2) is 4.98 Å². The Bertz CT molecular complexity index is 878. The van der Waals surface area contributed by atoms with Crippen molar-refractivity contribution in [2.45, 2.75) is 18.9 Å². The van der Waals surface area contributed by atoms with E-state index >= 15 is 0 Å². The van der Waals surface area contributed by atoms with Crippen LogP contribution >= 0.6 is 23.2 Å². The molecule has 1 saturated heterocycles. The number of halogens is 2. The zero-order valence-electron chi connectivity index (χ0n) is 12.4. The van der Waals surface area contributed by atoms with Crippen LogP contribution in [0.15, 0.2) is 24.7 Å². The van der Waals surface area contributed by atoms with Gasteiger partial charge in [0.2, 0.25) is 0 Å². The number of anilines is 1. The van der Waals surface area contributed by atoms with Gasteiger partial charge in [0, 0.05) is 13.6 Å². The predicted octanol–water partition coefficient (Wildman–Crippen LogP) is 3.41. The summed E-state index contributed by atoms with van der Waals surface area (Å²) in [6.45, 7) is 0.916. The van der Waals surface area contributed by atoms with Gasteiger partial charge in [0.05, 0.1) is 33.3 Å². The van der Waals surface area contributed by atoms with Crippen molar-refractivity contribution in [1.29, 1.82) is 0 Å². The van der Waals surface area contributed by atoms with Crippen molar-refractivity contribution in [2.75, 3.05) is 11.4 Å². The van der Waals surface area contributed by atoms with E-state index in [4.69, 9.17) is 28.2 Å². The van der Waals surface area contributed by atoms with E-state index in [1.165, 1.54) is 0 Å². The second kappa shape index (κ2) is 5.62. The molecule has 4 rings (SSSR count). The lowest BCUT2D eigenvalue weighted by Crippen LogP contribution is -2.25. The van der Waals surface area contributed by atoms with Crippen LogP contribution in [-0.2, 0) is 7.05 Å². The Labute approximate surface area is 143 Å². The molecule has 1 aromatic carbocycles. The average molecular weight is 349 g/mol. The highest BCUT2D eigenvalue weighted by atomic mass is 35.5. The minimum absolute atomic E-state index is 0.164. The number of aromatic nitrogens is 5. The third-order valence-electron chi connectivity index (χ3n) is 4.16. The van der Waals surface area contributed by atoms with Crippen LogP contribution in [0.5, 0.6) is 0 Å². The zero-order valence-corrected chi connectivity index (χ0v) is 14.0. The van der Waals surface area contributed by atoms with Crippen LogP contribution in [0.25, 0.3) is 11.0 Å². The minimum Gasteiger partial charge on any atom is -0.345 e. The van der Waals surface area contributed by atoms with Crippen LogP contribution < -0.4 is 4.90 Å². The van der Waals surface area contributed by atoms with Crippen LogP contribution in [0.2, 0.25) is 10.0 Å². The van der Waals surface area contributed by atoms with Gasteiger partial charge >= 0.3 is 0 Å². The van der Waals surface area contributed by atoms with E-state index in [9.17, 15) is 0 Å². The molecule has 1 aliphatic heterocycles. The molecule has 6 nitrogen and oxygen atoms in total. The summed E-state index contributed by atoms with van der Waals surface area (Å²) in [5.41, 5.74) is 1.47. The lowest BCUT2D eigenvalue weighted by molar-refractivity contribution is 0.625. The van der Waals surface area contributed by atoms with Crippen molar-refractivity contribution < 1.29 is 0 Å². The van der Waals surface area contributed by atoms with Gasteiger partial charge in [-0.2, -0.15) is 0 Å². The maximum Gasteiger partial charge on any atom is 0.155 e. The largest absolute Gasteiger partial charge is 0.345 e. The quantitative estimate of drug-likeness (QED) is 0.710. The standard InChI is InChI=1S/C15H14Cl2N6/c1-22-8-19-21-15(22)13-3-2-4-23(13)14-7-18-11-5-9(16)10(17)6-12(11)20-14/h5-8,13H,2-4H2,1H3/t13-/m1/s1. The third kappa shape index (κ3) is 2.52. The van der Waals surface area contributed by atoms with E-state index in [2.05, 4.69) is 20.1 Å². The Morgan fingerprint density at radius 2 is 1.96 bits per heavy atom. The molecule has 0 N–H and O–H groups in total. The highest BCUT2D eigenvalue weighted by Crippen LogP contribution is 2.35. The van der Waals surface area contributed by atoms with Crippen LogP contribution in [0.4, 0.5) is 5.82 Å². The molecule has 0 bridgehead atoms. The van der Waals surface area contributed by atoms with E-state index < -0.39 is 0 Å². The molecule has 1 atom stereocenters. The van der Waals surface area contributed by atoms with Gasteiger partial charge in [-0.05, 0) is 25.0 Å². The molecule has 0 aliphatic carbocycles. The molecule has 0 saturated carbocycles. The van der Waals surface area contributed by atoms with Gasteiger partial charge in [0.15, 0.2) is 5.82 Å². The second-order valence-electron chi connectivity index (χ2n) is 5.63. The van der Waals surface area contributed by atoms with Gasteiger partial charge in [-0.15, -0.1) is 10.2 Å². The molecule has 23 heavy (non-hydrogen) atoms. The van der Waals surface area contributed by atoms with Gasteiger partial charge in [0.1, 0.15) is 12.1 Å². The molecule has 0 amide bonds. The number of hydrogen-bond acceptors (Lipinski definition) is 5. The molecule has 0 radical (unpaired) electrons. The van der Waals surface area contributed by atoms with Crippen molar-refractivity contribution >= 4 is 40.1 Å².